The van der Waals surface area contributed by atoms with Crippen LogP contribution in [-0.4, -0.2) is 41.5 Å². The van der Waals surface area contributed by atoms with E-state index in [0.717, 1.165) is 5.56 Å². The van der Waals surface area contributed by atoms with Gasteiger partial charge >= 0.3 is 5.97 Å². The Morgan fingerprint density at radius 1 is 0.704 bits per heavy atom. The predicted octanol–water partition coefficient (Wildman–Crippen LogP) is 3.02. The molecule has 2 rings (SSSR count). The molecule has 0 heterocycles. The van der Waals surface area contributed by atoms with E-state index in [0.29, 0.717) is 34.3 Å². The van der Waals surface area contributed by atoms with Crippen LogP contribution in [-0.2, 0) is 22.6 Å². The van der Waals surface area contributed by atoms with Crippen molar-refractivity contribution >= 4 is 5.97 Å². The molecule has 0 aliphatic heterocycles. The van der Waals surface area contributed by atoms with Gasteiger partial charge < -0.3 is 28.4 Å². The van der Waals surface area contributed by atoms with E-state index in [1.54, 1.807) is 38.5 Å². The summed E-state index contributed by atoms with van der Waals surface area (Å²) >= 11 is 0. The number of hydrogen-bond acceptors (Lipinski definition) is 7. The molecular formula is C20H24O7. The Balaban J connectivity index is 2.06. The molecule has 0 aliphatic carbocycles. The van der Waals surface area contributed by atoms with Gasteiger partial charge in [-0.1, -0.05) is 6.07 Å². The maximum absolute atomic E-state index is 12.2. The van der Waals surface area contributed by atoms with Gasteiger partial charge in [-0.25, -0.2) is 0 Å². The fourth-order valence-corrected chi connectivity index (χ4v) is 2.59. The molecule has 0 aromatic heterocycles. The monoisotopic (exact) mass is 376 g/mol. The number of esters is 1. The summed E-state index contributed by atoms with van der Waals surface area (Å²) in [5.41, 5.74) is 1.49. The number of carbonyl (C=O) groups is 1. The van der Waals surface area contributed by atoms with Crippen LogP contribution in [0.2, 0.25) is 0 Å². The summed E-state index contributed by atoms with van der Waals surface area (Å²) in [5.74, 6) is 2.27. The molecule has 7 heteroatoms. The van der Waals surface area contributed by atoms with E-state index in [1.165, 1.54) is 21.3 Å². The third kappa shape index (κ3) is 4.97. The lowest BCUT2D eigenvalue weighted by Crippen LogP contribution is -2.09. The summed E-state index contributed by atoms with van der Waals surface area (Å²) in [6.45, 7) is 0.129. The molecule has 0 fully saturated rings. The first-order valence-corrected chi connectivity index (χ1v) is 8.21. The van der Waals surface area contributed by atoms with E-state index in [2.05, 4.69) is 0 Å². The van der Waals surface area contributed by atoms with Gasteiger partial charge in [0.05, 0.1) is 42.0 Å². The van der Waals surface area contributed by atoms with Crippen LogP contribution < -0.4 is 23.7 Å². The summed E-state index contributed by atoms with van der Waals surface area (Å²) in [4.78, 5) is 12.2. The van der Waals surface area contributed by atoms with Crippen LogP contribution in [0.15, 0.2) is 30.3 Å². The molecule has 0 spiro atoms. The van der Waals surface area contributed by atoms with Crippen molar-refractivity contribution < 1.29 is 33.2 Å². The summed E-state index contributed by atoms with van der Waals surface area (Å²) in [6.07, 6.45) is 0.0734. The third-order valence-electron chi connectivity index (χ3n) is 3.92. The van der Waals surface area contributed by atoms with Crippen LogP contribution in [0.1, 0.15) is 11.1 Å². The molecule has 7 nitrogen and oxygen atoms in total. The Morgan fingerprint density at radius 3 is 1.78 bits per heavy atom. The summed E-state index contributed by atoms with van der Waals surface area (Å²) in [7, 11) is 7.69. The number of carbonyl (C=O) groups excluding carboxylic acids is 1. The van der Waals surface area contributed by atoms with Crippen LogP contribution in [0.3, 0.4) is 0 Å². The third-order valence-corrected chi connectivity index (χ3v) is 3.92. The summed E-state index contributed by atoms with van der Waals surface area (Å²) in [5, 5.41) is 0. The zero-order valence-electron chi connectivity index (χ0n) is 16.2. The van der Waals surface area contributed by atoms with E-state index in [4.69, 9.17) is 28.4 Å². The molecule has 0 bridgehead atoms. The highest BCUT2D eigenvalue weighted by Crippen LogP contribution is 2.38. The molecule has 0 saturated carbocycles. The van der Waals surface area contributed by atoms with Crippen molar-refractivity contribution in [2.45, 2.75) is 13.0 Å². The van der Waals surface area contributed by atoms with E-state index in [1.807, 2.05) is 6.07 Å². The Morgan fingerprint density at radius 2 is 1.26 bits per heavy atom. The maximum Gasteiger partial charge on any atom is 0.310 e. The standard InChI is InChI=1S/C20H24O7/c1-22-15-7-6-13(8-16(15)23-2)12-27-19(21)11-14-9-17(24-3)20(26-5)18(10-14)25-4/h6-10H,11-12H2,1-5H3. The highest BCUT2D eigenvalue weighted by atomic mass is 16.5. The Bertz CT molecular complexity index is 761. The molecule has 2 aromatic carbocycles. The van der Waals surface area contributed by atoms with Crippen molar-refractivity contribution in [2.75, 3.05) is 35.5 Å². The van der Waals surface area contributed by atoms with Crippen molar-refractivity contribution in [2.24, 2.45) is 0 Å². The van der Waals surface area contributed by atoms with Crippen molar-refractivity contribution in [3.63, 3.8) is 0 Å². The fourth-order valence-electron chi connectivity index (χ4n) is 2.59. The first-order valence-electron chi connectivity index (χ1n) is 8.21. The fraction of sp³-hybridized carbons (Fsp3) is 0.350. The van der Waals surface area contributed by atoms with Gasteiger partial charge in [-0.3, -0.25) is 4.79 Å². The molecule has 0 unspecified atom stereocenters. The number of hydrogen-bond donors (Lipinski definition) is 0. The molecule has 0 aliphatic rings. The van der Waals surface area contributed by atoms with Gasteiger partial charge in [0.25, 0.3) is 0 Å². The van der Waals surface area contributed by atoms with Crippen molar-refractivity contribution in [1.29, 1.82) is 0 Å². The second-order valence-corrected chi connectivity index (χ2v) is 5.56. The van der Waals surface area contributed by atoms with Gasteiger partial charge in [-0.2, -0.15) is 0 Å². The zero-order chi connectivity index (χ0) is 19.8. The average molecular weight is 376 g/mol. The van der Waals surface area contributed by atoms with E-state index in [9.17, 15) is 4.79 Å². The van der Waals surface area contributed by atoms with Gasteiger partial charge in [0, 0.05) is 0 Å². The van der Waals surface area contributed by atoms with Crippen LogP contribution >= 0.6 is 0 Å². The van der Waals surface area contributed by atoms with Gasteiger partial charge in [-0.05, 0) is 35.4 Å². The molecule has 0 saturated heterocycles. The Kier molecular flexibility index (Phi) is 7.16. The second-order valence-electron chi connectivity index (χ2n) is 5.56. The summed E-state index contributed by atoms with van der Waals surface area (Å²) in [6, 6.07) is 8.79. The second kappa shape index (κ2) is 9.56. The molecular weight excluding hydrogens is 352 g/mol. The van der Waals surface area contributed by atoms with E-state index in [-0.39, 0.29) is 19.0 Å². The Labute approximate surface area is 158 Å². The smallest absolute Gasteiger partial charge is 0.310 e. The molecule has 0 N–H and O–H groups in total. The van der Waals surface area contributed by atoms with Gasteiger partial charge in [0.1, 0.15) is 6.61 Å². The van der Waals surface area contributed by atoms with E-state index < -0.39 is 0 Å². The van der Waals surface area contributed by atoms with Gasteiger partial charge in [-0.15, -0.1) is 0 Å². The molecule has 0 radical (unpaired) electrons. The molecule has 2 aromatic rings. The molecule has 0 atom stereocenters. The summed E-state index contributed by atoms with van der Waals surface area (Å²) < 4.78 is 31.7. The lowest BCUT2D eigenvalue weighted by atomic mass is 10.1. The lowest BCUT2D eigenvalue weighted by molar-refractivity contribution is -0.144. The van der Waals surface area contributed by atoms with E-state index >= 15 is 0 Å². The normalized spacial score (nSPS) is 10.1. The van der Waals surface area contributed by atoms with Crippen LogP contribution in [0.25, 0.3) is 0 Å². The molecule has 146 valence electrons. The topological polar surface area (TPSA) is 72.5 Å². The number of rotatable bonds is 9. The first kappa shape index (κ1) is 20.2. The van der Waals surface area contributed by atoms with Crippen LogP contribution in [0.5, 0.6) is 28.7 Å². The SMILES string of the molecule is COc1ccc(COC(=O)Cc2cc(OC)c(OC)c(OC)c2)cc1OC. The van der Waals surface area contributed by atoms with Crippen molar-refractivity contribution in [3.8, 4) is 28.7 Å². The number of ether oxygens (including phenoxy) is 6. The highest BCUT2D eigenvalue weighted by Gasteiger charge is 2.15. The minimum absolute atomic E-state index is 0.0734. The predicted molar refractivity (Wildman–Crippen MR) is 99.1 cm³/mol. The van der Waals surface area contributed by atoms with Crippen LogP contribution in [0.4, 0.5) is 0 Å². The zero-order valence-corrected chi connectivity index (χ0v) is 16.2. The minimum Gasteiger partial charge on any atom is -0.493 e. The maximum atomic E-state index is 12.2. The van der Waals surface area contributed by atoms with Gasteiger partial charge in [0.15, 0.2) is 23.0 Å². The first-order chi connectivity index (χ1) is 13.1. The lowest BCUT2D eigenvalue weighted by Gasteiger charge is -2.14. The number of benzene rings is 2. The van der Waals surface area contributed by atoms with Crippen LogP contribution in [0, 0.1) is 0 Å². The highest BCUT2D eigenvalue weighted by molar-refractivity contribution is 5.73. The Hall–Kier alpha value is -3.09. The molecule has 0 amide bonds. The van der Waals surface area contributed by atoms with Gasteiger partial charge in [0.2, 0.25) is 5.75 Å². The van der Waals surface area contributed by atoms with Crippen molar-refractivity contribution in [3.05, 3.63) is 41.5 Å². The van der Waals surface area contributed by atoms with Crippen molar-refractivity contribution in [1.82, 2.24) is 0 Å². The minimum atomic E-state index is -0.376. The quantitative estimate of drug-likeness (QED) is 0.623. The average Bonchev–Trinajstić information content (AvgIpc) is 2.70. The largest absolute Gasteiger partial charge is 0.493 e. The number of methoxy groups -OCH3 is 5. The molecule has 27 heavy (non-hydrogen) atoms.